The van der Waals surface area contributed by atoms with Gasteiger partial charge in [-0.15, -0.1) is 0 Å². The minimum Gasteiger partial charge on any atom is -0.295 e. The molecule has 0 atom stereocenters. The fourth-order valence-corrected chi connectivity index (χ4v) is 8.59. The molecule has 0 unspecified atom stereocenters. The lowest BCUT2D eigenvalue weighted by Crippen LogP contribution is -2.37. The van der Waals surface area contributed by atoms with Crippen molar-refractivity contribution in [2.75, 3.05) is 6.16 Å². The lowest BCUT2D eigenvalue weighted by Gasteiger charge is -2.28. The fraction of sp³-hybridized carbons (Fsp3) is 0.240. The van der Waals surface area contributed by atoms with E-state index in [4.69, 9.17) is 0 Å². The maximum Gasteiger partial charge on any atom is 0.174 e. The maximum absolute atomic E-state index is 13.4. The number of rotatable bonds is 6. The standard InChI is InChI=1S/C25H26OP/c26-25(21-12-10-11-13-21)20-27(22-14-4-1-5-15-22,23-16-6-2-7-17-23)24-18-8-3-9-19-24/h1-9,14-19,21H,10-13,20H2/q+1. The van der Waals surface area contributed by atoms with Crippen LogP contribution in [0.3, 0.4) is 0 Å². The Balaban J connectivity index is 1.90. The Bertz CT molecular complexity index is 771. The van der Waals surface area contributed by atoms with Gasteiger partial charge < -0.3 is 0 Å². The summed E-state index contributed by atoms with van der Waals surface area (Å²) in [5, 5.41) is 3.90. The van der Waals surface area contributed by atoms with Gasteiger partial charge in [-0.25, -0.2) is 0 Å². The molecule has 0 saturated heterocycles. The predicted molar refractivity (Wildman–Crippen MR) is 117 cm³/mol. The van der Waals surface area contributed by atoms with E-state index in [1.54, 1.807) is 0 Å². The quantitative estimate of drug-likeness (QED) is 0.571. The van der Waals surface area contributed by atoms with Gasteiger partial charge in [-0.1, -0.05) is 67.4 Å². The van der Waals surface area contributed by atoms with Crippen LogP contribution >= 0.6 is 7.26 Å². The van der Waals surface area contributed by atoms with Gasteiger partial charge in [-0.3, -0.25) is 4.79 Å². The van der Waals surface area contributed by atoms with Crippen LogP contribution in [-0.4, -0.2) is 11.9 Å². The van der Waals surface area contributed by atoms with E-state index < -0.39 is 7.26 Å². The number of Topliss-reactive ketones (excluding diaryl/α,β-unsaturated/α-hetero) is 1. The number of hydrogen-bond donors (Lipinski definition) is 0. The third kappa shape index (κ3) is 3.62. The van der Waals surface area contributed by atoms with Crippen molar-refractivity contribution in [2.45, 2.75) is 25.7 Å². The topological polar surface area (TPSA) is 17.1 Å². The average molecular weight is 373 g/mol. The summed E-state index contributed by atoms with van der Waals surface area (Å²) < 4.78 is 0. The molecule has 0 aliphatic heterocycles. The highest BCUT2D eigenvalue weighted by molar-refractivity contribution is 7.96. The number of hydrogen-bond acceptors (Lipinski definition) is 1. The molecule has 3 aromatic rings. The van der Waals surface area contributed by atoms with Gasteiger partial charge in [0.15, 0.2) is 5.78 Å². The molecule has 0 spiro atoms. The normalized spacial score (nSPS) is 15.0. The Morgan fingerprint density at radius 3 is 1.41 bits per heavy atom. The number of carbonyl (C=O) groups excluding carboxylic acids is 1. The molecule has 4 rings (SSSR count). The van der Waals surface area contributed by atoms with Crippen molar-refractivity contribution in [2.24, 2.45) is 5.92 Å². The van der Waals surface area contributed by atoms with E-state index in [-0.39, 0.29) is 5.92 Å². The van der Waals surface area contributed by atoms with Crippen molar-refractivity contribution in [1.82, 2.24) is 0 Å². The number of ketones is 1. The van der Waals surface area contributed by atoms with Crippen LogP contribution in [-0.2, 0) is 4.79 Å². The summed E-state index contributed by atoms with van der Waals surface area (Å²) in [5.41, 5.74) is 0. The van der Waals surface area contributed by atoms with Gasteiger partial charge in [-0.05, 0) is 49.2 Å². The third-order valence-electron chi connectivity index (χ3n) is 5.79. The Morgan fingerprint density at radius 2 is 1.04 bits per heavy atom. The summed E-state index contributed by atoms with van der Waals surface area (Å²) in [5.74, 6) is 0.706. The van der Waals surface area contributed by atoms with E-state index >= 15 is 0 Å². The summed E-state index contributed by atoms with van der Waals surface area (Å²) >= 11 is 0. The van der Waals surface area contributed by atoms with Gasteiger partial charge >= 0.3 is 0 Å². The molecule has 136 valence electrons. The van der Waals surface area contributed by atoms with E-state index in [1.165, 1.54) is 28.8 Å². The third-order valence-corrected chi connectivity index (χ3v) is 10.1. The molecule has 0 aromatic heterocycles. The van der Waals surface area contributed by atoms with Crippen molar-refractivity contribution in [3.63, 3.8) is 0 Å². The number of carbonyl (C=O) groups is 1. The van der Waals surface area contributed by atoms with Gasteiger partial charge in [-0.2, -0.15) is 0 Å². The summed E-state index contributed by atoms with van der Waals surface area (Å²) in [6.07, 6.45) is 5.16. The zero-order valence-electron chi connectivity index (χ0n) is 15.6. The van der Waals surface area contributed by atoms with Crippen LogP contribution in [0.4, 0.5) is 0 Å². The smallest absolute Gasteiger partial charge is 0.174 e. The molecule has 27 heavy (non-hydrogen) atoms. The molecule has 1 nitrogen and oxygen atoms in total. The second kappa shape index (κ2) is 8.19. The molecule has 0 N–H and O–H groups in total. The fourth-order valence-electron chi connectivity index (χ4n) is 4.38. The lowest BCUT2D eigenvalue weighted by molar-refractivity contribution is -0.120. The van der Waals surface area contributed by atoms with Crippen LogP contribution in [0.5, 0.6) is 0 Å². The molecule has 0 amide bonds. The summed E-state index contributed by atoms with van der Waals surface area (Å²) in [6, 6.07) is 32.1. The summed E-state index contributed by atoms with van der Waals surface area (Å²) in [6.45, 7) is 0. The maximum atomic E-state index is 13.4. The van der Waals surface area contributed by atoms with Gasteiger partial charge in [0.1, 0.15) is 29.3 Å². The van der Waals surface area contributed by atoms with Gasteiger partial charge in [0.05, 0.1) is 0 Å². The molecule has 2 heteroatoms. The molecular weight excluding hydrogens is 347 g/mol. The van der Waals surface area contributed by atoms with Gasteiger partial charge in [0.25, 0.3) is 0 Å². The first-order valence-corrected chi connectivity index (χ1v) is 11.9. The van der Waals surface area contributed by atoms with Crippen LogP contribution in [0, 0.1) is 5.92 Å². The summed E-state index contributed by atoms with van der Waals surface area (Å²) in [4.78, 5) is 13.4. The molecule has 1 aliphatic rings. The van der Waals surface area contributed by atoms with Crippen molar-refractivity contribution in [3.05, 3.63) is 91.0 Å². The van der Waals surface area contributed by atoms with Gasteiger partial charge in [0.2, 0.25) is 0 Å². The zero-order valence-corrected chi connectivity index (χ0v) is 16.5. The van der Waals surface area contributed by atoms with Crippen LogP contribution in [0.25, 0.3) is 0 Å². The zero-order chi connectivity index (χ0) is 18.5. The summed E-state index contributed by atoms with van der Waals surface area (Å²) in [7, 11) is -2.01. The highest BCUT2D eigenvalue weighted by Gasteiger charge is 2.48. The molecule has 1 aliphatic carbocycles. The van der Waals surface area contributed by atoms with Crippen molar-refractivity contribution in [1.29, 1.82) is 0 Å². The molecule has 0 heterocycles. The van der Waals surface area contributed by atoms with Crippen molar-refractivity contribution < 1.29 is 4.79 Å². The van der Waals surface area contributed by atoms with E-state index in [2.05, 4.69) is 91.0 Å². The second-order valence-electron chi connectivity index (χ2n) is 7.42. The van der Waals surface area contributed by atoms with Crippen LogP contribution in [0.1, 0.15) is 25.7 Å². The molecule has 0 bridgehead atoms. The van der Waals surface area contributed by atoms with Crippen LogP contribution < -0.4 is 15.9 Å². The largest absolute Gasteiger partial charge is 0.295 e. The highest BCUT2D eigenvalue weighted by atomic mass is 31.2. The lowest BCUT2D eigenvalue weighted by atomic mass is 10.0. The molecule has 0 radical (unpaired) electrons. The minimum absolute atomic E-state index is 0.250. The second-order valence-corrected chi connectivity index (χ2v) is 10.9. The number of benzene rings is 3. The Kier molecular flexibility index (Phi) is 5.50. The van der Waals surface area contributed by atoms with Crippen molar-refractivity contribution in [3.8, 4) is 0 Å². The van der Waals surface area contributed by atoms with E-state index in [0.29, 0.717) is 11.9 Å². The first-order valence-electron chi connectivity index (χ1n) is 9.88. The first-order chi connectivity index (χ1) is 13.3. The Morgan fingerprint density at radius 1 is 0.667 bits per heavy atom. The van der Waals surface area contributed by atoms with Crippen LogP contribution in [0.2, 0.25) is 0 Å². The molecule has 1 saturated carbocycles. The van der Waals surface area contributed by atoms with E-state index in [9.17, 15) is 4.79 Å². The first kappa shape index (κ1) is 18.1. The van der Waals surface area contributed by atoms with Crippen molar-refractivity contribution >= 4 is 29.0 Å². The van der Waals surface area contributed by atoms with Crippen LogP contribution in [0.15, 0.2) is 91.0 Å². The van der Waals surface area contributed by atoms with E-state index in [1.807, 2.05) is 0 Å². The Labute approximate surface area is 162 Å². The van der Waals surface area contributed by atoms with Gasteiger partial charge in [0, 0.05) is 5.92 Å². The molecular formula is C25H26OP+. The Hall–Kier alpha value is -2.24. The molecule has 1 fully saturated rings. The minimum atomic E-state index is -2.01. The molecule has 3 aromatic carbocycles. The SMILES string of the molecule is O=C(C[P+](c1ccccc1)(c1ccccc1)c1ccccc1)C1CCCC1. The monoisotopic (exact) mass is 373 g/mol. The predicted octanol–water partition coefficient (Wildman–Crippen LogP) is 4.74. The highest BCUT2D eigenvalue weighted by Crippen LogP contribution is 2.55. The van der Waals surface area contributed by atoms with E-state index in [0.717, 1.165) is 12.8 Å². The average Bonchev–Trinajstić information content (AvgIpc) is 3.29.